The molecule has 1 amide bonds. The van der Waals surface area contributed by atoms with Crippen molar-refractivity contribution >= 4 is 33.3 Å². The van der Waals surface area contributed by atoms with Gasteiger partial charge in [0.15, 0.2) is 5.78 Å². The van der Waals surface area contributed by atoms with E-state index in [1.165, 1.54) is 30.3 Å². The summed E-state index contributed by atoms with van der Waals surface area (Å²) in [5, 5.41) is 1.62. The maximum absolute atomic E-state index is 13.7. The van der Waals surface area contributed by atoms with Crippen molar-refractivity contribution in [3.05, 3.63) is 63.9 Å². The molecule has 2 aromatic carbocycles. The Hall–Kier alpha value is -2.22. The monoisotopic (exact) mass is 389 g/mol. The fourth-order valence-electron chi connectivity index (χ4n) is 1.80. The van der Waals surface area contributed by atoms with Crippen molar-refractivity contribution in [3.8, 4) is 0 Å². The van der Waals surface area contributed by atoms with Gasteiger partial charge in [-0.15, -0.1) is 0 Å². The molecule has 23 heavy (non-hydrogen) atoms. The van der Waals surface area contributed by atoms with Crippen LogP contribution >= 0.6 is 15.9 Å². The normalized spacial score (nSPS) is 11.2. The summed E-state index contributed by atoms with van der Waals surface area (Å²) in [5.74, 6) is -3.88. The molecule has 0 bridgehead atoms. The van der Waals surface area contributed by atoms with E-state index in [0.717, 1.165) is 12.1 Å². The second-order valence-electron chi connectivity index (χ2n) is 4.45. The molecular weight excluding hydrogens is 382 g/mol. The predicted molar refractivity (Wildman–Crippen MR) is 78.7 cm³/mol. The Morgan fingerprint density at radius 1 is 1.00 bits per heavy atom. The first-order valence-electron chi connectivity index (χ1n) is 6.17. The average Bonchev–Trinajstić information content (AvgIpc) is 2.48. The largest absolute Gasteiger partial charge is 0.471 e. The Bertz CT molecular complexity index is 774. The molecule has 0 unspecified atom stereocenters. The molecule has 0 saturated heterocycles. The Labute approximate surface area is 136 Å². The van der Waals surface area contributed by atoms with Crippen LogP contribution in [0.4, 0.5) is 23.2 Å². The summed E-state index contributed by atoms with van der Waals surface area (Å²) >= 11 is 3.08. The van der Waals surface area contributed by atoms with Gasteiger partial charge in [-0.05, 0) is 30.3 Å². The molecule has 0 aliphatic rings. The first-order valence-corrected chi connectivity index (χ1v) is 6.96. The van der Waals surface area contributed by atoms with Crippen LogP contribution in [0, 0.1) is 5.82 Å². The van der Waals surface area contributed by atoms with E-state index in [-0.39, 0.29) is 16.8 Å². The predicted octanol–water partition coefficient (Wildman–Crippen LogP) is 4.32. The van der Waals surface area contributed by atoms with Gasteiger partial charge in [0.05, 0.1) is 11.3 Å². The van der Waals surface area contributed by atoms with E-state index in [4.69, 9.17) is 0 Å². The molecular formula is C15H8BrF4NO2. The topological polar surface area (TPSA) is 46.2 Å². The second-order valence-corrected chi connectivity index (χ2v) is 5.37. The number of ketones is 1. The van der Waals surface area contributed by atoms with Crippen LogP contribution < -0.4 is 5.32 Å². The molecule has 0 spiro atoms. The number of carbonyl (C=O) groups excluding carboxylic acids is 2. The lowest BCUT2D eigenvalue weighted by Crippen LogP contribution is -2.30. The smallest absolute Gasteiger partial charge is 0.318 e. The molecule has 0 aromatic heterocycles. The molecule has 1 N–H and O–H groups in total. The van der Waals surface area contributed by atoms with E-state index in [9.17, 15) is 27.2 Å². The van der Waals surface area contributed by atoms with Gasteiger partial charge in [-0.25, -0.2) is 4.39 Å². The van der Waals surface area contributed by atoms with Crippen molar-refractivity contribution in [2.75, 3.05) is 5.32 Å². The Morgan fingerprint density at radius 2 is 1.65 bits per heavy atom. The minimum atomic E-state index is -5.11. The van der Waals surface area contributed by atoms with Crippen molar-refractivity contribution in [2.24, 2.45) is 0 Å². The van der Waals surface area contributed by atoms with E-state index in [0.29, 0.717) is 4.47 Å². The van der Waals surface area contributed by atoms with Crippen molar-refractivity contribution < 1.29 is 27.2 Å². The summed E-state index contributed by atoms with van der Waals surface area (Å²) in [5.41, 5.74) is -0.932. The lowest BCUT2D eigenvalue weighted by atomic mass is 10.0. The lowest BCUT2D eigenvalue weighted by molar-refractivity contribution is -0.167. The minimum absolute atomic E-state index is 0.262. The highest BCUT2D eigenvalue weighted by Gasteiger charge is 2.39. The summed E-state index contributed by atoms with van der Waals surface area (Å²) in [6, 6.07) is 8.74. The van der Waals surface area contributed by atoms with Crippen LogP contribution in [0.3, 0.4) is 0 Å². The average molecular weight is 390 g/mol. The molecule has 2 aromatic rings. The third-order valence-electron chi connectivity index (χ3n) is 2.85. The number of nitrogens with one attached hydrogen (secondary N) is 1. The zero-order valence-corrected chi connectivity index (χ0v) is 12.8. The van der Waals surface area contributed by atoms with Gasteiger partial charge in [0.1, 0.15) is 5.82 Å². The molecule has 120 valence electrons. The minimum Gasteiger partial charge on any atom is -0.318 e. The van der Waals surface area contributed by atoms with E-state index in [1.807, 2.05) is 0 Å². The van der Waals surface area contributed by atoms with Crippen LogP contribution in [-0.4, -0.2) is 17.9 Å². The number of rotatable bonds is 3. The van der Waals surface area contributed by atoms with Crippen molar-refractivity contribution in [2.45, 2.75) is 6.18 Å². The second kappa shape index (κ2) is 6.49. The van der Waals surface area contributed by atoms with Crippen LogP contribution in [0.25, 0.3) is 0 Å². The summed E-state index contributed by atoms with van der Waals surface area (Å²) in [4.78, 5) is 23.4. The van der Waals surface area contributed by atoms with Crippen LogP contribution in [0.5, 0.6) is 0 Å². The molecule has 0 fully saturated rings. The summed E-state index contributed by atoms with van der Waals surface area (Å²) in [6.07, 6.45) is -5.11. The highest BCUT2D eigenvalue weighted by molar-refractivity contribution is 9.10. The quantitative estimate of drug-likeness (QED) is 0.627. The third kappa shape index (κ3) is 3.95. The van der Waals surface area contributed by atoms with Crippen LogP contribution in [0.2, 0.25) is 0 Å². The molecule has 8 heteroatoms. The number of anilines is 1. The Morgan fingerprint density at radius 3 is 2.26 bits per heavy atom. The molecule has 0 heterocycles. The maximum atomic E-state index is 13.7. The van der Waals surface area contributed by atoms with E-state index < -0.39 is 23.7 Å². The molecule has 0 aliphatic heterocycles. The molecule has 0 atom stereocenters. The zero-order chi connectivity index (χ0) is 17.2. The lowest BCUT2D eigenvalue weighted by Gasteiger charge is -2.12. The first-order chi connectivity index (χ1) is 10.7. The van der Waals surface area contributed by atoms with Gasteiger partial charge in [0, 0.05) is 10.0 Å². The number of benzene rings is 2. The summed E-state index contributed by atoms with van der Waals surface area (Å²) < 4.78 is 51.2. The van der Waals surface area contributed by atoms with Crippen molar-refractivity contribution in [3.63, 3.8) is 0 Å². The standard InChI is InChI=1S/C15H8BrF4NO2/c16-8-5-6-12(21-14(23)15(18,19)20)10(7-8)13(22)9-3-1-2-4-11(9)17/h1-7H,(H,21,23). The third-order valence-corrected chi connectivity index (χ3v) is 3.34. The fourth-order valence-corrected chi connectivity index (χ4v) is 2.16. The summed E-state index contributed by atoms with van der Waals surface area (Å²) in [6.45, 7) is 0. The van der Waals surface area contributed by atoms with Crippen LogP contribution in [0.15, 0.2) is 46.9 Å². The van der Waals surface area contributed by atoms with Gasteiger partial charge in [0.2, 0.25) is 0 Å². The number of alkyl halides is 3. The van der Waals surface area contributed by atoms with Gasteiger partial charge >= 0.3 is 12.1 Å². The van der Waals surface area contributed by atoms with Crippen molar-refractivity contribution in [1.29, 1.82) is 0 Å². The number of amides is 1. The van der Waals surface area contributed by atoms with E-state index in [1.54, 1.807) is 5.32 Å². The number of hydrogen-bond acceptors (Lipinski definition) is 2. The number of halogens is 5. The highest BCUT2D eigenvalue weighted by atomic mass is 79.9. The van der Waals surface area contributed by atoms with Gasteiger partial charge in [-0.2, -0.15) is 13.2 Å². The van der Waals surface area contributed by atoms with Crippen LogP contribution in [-0.2, 0) is 4.79 Å². The number of hydrogen-bond donors (Lipinski definition) is 1. The van der Waals surface area contributed by atoms with Crippen molar-refractivity contribution in [1.82, 2.24) is 0 Å². The molecule has 2 rings (SSSR count). The fraction of sp³-hybridized carbons (Fsp3) is 0.0667. The Kier molecular flexibility index (Phi) is 4.84. The van der Waals surface area contributed by atoms with E-state index >= 15 is 0 Å². The van der Waals surface area contributed by atoms with Gasteiger partial charge < -0.3 is 5.32 Å². The zero-order valence-electron chi connectivity index (χ0n) is 11.2. The number of carbonyl (C=O) groups is 2. The van der Waals surface area contributed by atoms with E-state index in [2.05, 4.69) is 15.9 Å². The van der Waals surface area contributed by atoms with Gasteiger partial charge in [-0.1, -0.05) is 28.1 Å². The molecule has 0 aliphatic carbocycles. The molecule has 0 saturated carbocycles. The Balaban J connectivity index is 2.46. The van der Waals surface area contributed by atoms with Crippen LogP contribution in [0.1, 0.15) is 15.9 Å². The maximum Gasteiger partial charge on any atom is 0.471 e. The first kappa shape index (κ1) is 17.1. The van der Waals surface area contributed by atoms with Gasteiger partial charge in [-0.3, -0.25) is 9.59 Å². The highest BCUT2D eigenvalue weighted by Crippen LogP contribution is 2.26. The van der Waals surface area contributed by atoms with Gasteiger partial charge in [0.25, 0.3) is 0 Å². The SMILES string of the molecule is O=C(c1ccccc1F)c1cc(Br)ccc1NC(=O)C(F)(F)F. The molecule has 0 radical (unpaired) electrons. The summed E-state index contributed by atoms with van der Waals surface area (Å²) in [7, 11) is 0. The molecule has 3 nitrogen and oxygen atoms in total.